The van der Waals surface area contributed by atoms with Crippen LogP contribution in [0.4, 0.5) is 5.95 Å². The number of halogens is 1. The molecule has 0 spiro atoms. The largest absolute Gasteiger partial charge is 0.368 e. The fourth-order valence-corrected chi connectivity index (χ4v) is 2.71. The van der Waals surface area contributed by atoms with Crippen LogP contribution in [0.2, 0.25) is 5.15 Å². The highest BCUT2D eigenvalue weighted by molar-refractivity contribution is 7.99. The number of H-pyrrole nitrogens is 1. The van der Waals surface area contributed by atoms with Crippen LogP contribution in [0, 0.1) is 0 Å². The molecule has 3 rings (SSSR count). The van der Waals surface area contributed by atoms with Crippen LogP contribution in [0.1, 0.15) is 0 Å². The maximum atomic E-state index is 5.84. The maximum Gasteiger partial charge on any atom is 0.222 e. The van der Waals surface area contributed by atoms with Gasteiger partial charge in [0, 0.05) is 6.07 Å². The molecule has 7 heteroatoms. The summed E-state index contributed by atoms with van der Waals surface area (Å²) >= 11 is 7.19. The van der Waals surface area contributed by atoms with Crippen LogP contribution < -0.4 is 5.73 Å². The Labute approximate surface area is 124 Å². The van der Waals surface area contributed by atoms with E-state index in [0.717, 1.165) is 16.4 Å². The van der Waals surface area contributed by atoms with Gasteiger partial charge < -0.3 is 10.7 Å². The highest BCUT2D eigenvalue weighted by Gasteiger charge is 2.07. The Hall–Kier alpha value is -2.05. The quantitative estimate of drug-likeness (QED) is 0.726. The molecule has 100 valence electrons. The lowest BCUT2D eigenvalue weighted by molar-refractivity contribution is 1.02. The third kappa shape index (κ3) is 2.92. The average Bonchev–Trinajstić information content (AvgIpc) is 2.87. The second-order valence-corrected chi connectivity index (χ2v) is 5.35. The number of imidazole rings is 1. The van der Waals surface area contributed by atoms with Crippen molar-refractivity contribution in [1.29, 1.82) is 0 Å². The van der Waals surface area contributed by atoms with Gasteiger partial charge in [0.05, 0.1) is 11.9 Å². The Kier molecular flexibility index (Phi) is 3.58. The second-order valence-electron chi connectivity index (χ2n) is 3.96. The van der Waals surface area contributed by atoms with Gasteiger partial charge in [-0.2, -0.15) is 0 Å². The Balaban J connectivity index is 1.84. The van der Waals surface area contributed by atoms with Crippen molar-refractivity contribution < 1.29 is 0 Å². The Morgan fingerprint density at radius 1 is 1.15 bits per heavy atom. The first-order valence-corrected chi connectivity index (χ1v) is 6.98. The van der Waals surface area contributed by atoms with Gasteiger partial charge in [-0.3, -0.25) is 0 Å². The number of nitrogen functional groups attached to an aromatic ring is 1. The molecule has 0 saturated heterocycles. The molecule has 1 aromatic carbocycles. The summed E-state index contributed by atoms with van der Waals surface area (Å²) < 4.78 is 0. The van der Waals surface area contributed by atoms with Gasteiger partial charge in [-0.1, -0.05) is 41.9 Å². The molecule has 0 aliphatic heterocycles. The first-order chi connectivity index (χ1) is 9.70. The summed E-state index contributed by atoms with van der Waals surface area (Å²) in [6.07, 6.45) is 1.78. The van der Waals surface area contributed by atoms with E-state index in [0.29, 0.717) is 10.2 Å². The predicted octanol–water partition coefficient (Wildman–Crippen LogP) is 3.25. The number of hydrogen-bond donors (Lipinski definition) is 2. The minimum absolute atomic E-state index is 0.148. The van der Waals surface area contributed by atoms with Crippen LogP contribution >= 0.6 is 23.4 Å². The van der Waals surface area contributed by atoms with Crippen LogP contribution in [0.3, 0.4) is 0 Å². The number of rotatable bonds is 3. The van der Waals surface area contributed by atoms with Gasteiger partial charge in [0.1, 0.15) is 10.2 Å². The lowest BCUT2D eigenvalue weighted by Gasteiger charge is -1.99. The Morgan fingerprint density at radius 2 is 1.95 bits per heavy atom. The zero-order chi connectivity index (χ0) is 13.9. The molecule has 0 aliphatic carbocycles. The van der Waals surface area contributed by atoms with E-state index >= 15 is 0 Å². The molecule has 20 heavy (non-hydrogen) atoms. The normalized spacial score (nSPS) is 10.7. The van der Waals surface area contributed by atoms with Gasteiger partial charge >= 0.3 is 0 Å². The molecular formula is C13H10ClN5S. The molecule has 0 amide bonds. The van der Waals surface area contributed by atoms with Crippen molar-refractivity contribution in [1.82, 2.24) is 19.9 Å². The topological polar surface area (TPSA) is 80.5 Å². The van der Waals surface area contributed by atoms with Crippen LogP contribution in [-0.4, -0.2) is 19.9 Å². The molecule has 2 heterocycles. The first-order valence-electron chi connectivity index (χ1n) is 5.79. The number of nitrogens with zero attached hydrogens (tertiary/aromatic N) is 3. The van der Waals surface area contributed by atoms with Crippen molar-refractivity contribution >= 4 is 29.3 Å². The smallest absolute Gasteiger partial charge is 0.222 e. The maximum absolute atomic E-state index is 5.84. The van der Waals surface area contributed by atoms with Gasteiger partial charge in [0.15, 0.2) is 5.16 Å². The van der Waals surface area contributed by atoms with E-state index in [1.54, 1.807) is 12.3 Å². The molecule has 0 aliphatic rings. The lowest BCUT2D eigenvalue weighted by Crippen LogP contribution is -1.95. The van der Waals surface area contributed by atoms with Crippen molar-refractivity contribution in [3.05, 3.63) is 47.7 Å². The number of nitrogens with two attached hydrogens (primary N) is 1. The van der Waals surface area contributed by atoms with E-state index < -0.39 is 0 Å². The van der Waals surface area contributed by atoms with E-state index in [1.165, 1.54) is 11.8 Å². The van der Waals surface area contributed by atoms with Gasteiger partial charge in [0.2, 0.25) is 5.95 Å². The number of aromatic amines is 1. The molecule has 0 fully saturated rings. The summed E-state index contributed by atoms with van der Waals surface area (Å²) in [5.41, 5.74) is 7.58. The molecule has 0 atom stereocenters. The molecule has 5 nitrogen and oxygen atoms in total. The van der Waals surface area contributed by atoms with Gasteiger partial charge in [0.25, 0.3) is 0 Å². The summed E-state index contributed by atoms with van der Waals surface area (Å²) in [7, 11) is 0. The Bertz CT molecular complexity index is 708. The highest BCUT2D eigenvalue weighted by Crippen LogP contribution is 2.27. The zero-order valence-electron chi connectivity index (χ0n) is 10.2. The predicted molar refractivity (Wildman–Crippen MR) is 79.6 cm³/mol. The van der Waals surface area contributed by atoms with Gasteiger partial charge in [-0.25, -0.2) is 15.0 Å². The second kappa shape index (κ2) is 5.52. The fourth-order valence-electron chi connectivity index (χ4n) is 1.68. The summed E-state index contributed by atoms with van der Waals surface area (Å²) in [5.74, 6) is 0.148. The number of hydrogen-bond acceptors (Lipinski definition) is 5. The number of aromatic nitrogens is 4. The van der Waals surface area contributed by atoms with Crippen LogP contribution in [0.25, 0.3) is 11.3 Å². The monoisotopic (exact) mass is 303 g/mol. The van der Waals surface area contributed by atoms with E-state index in [9.17, 15) is 0 Å². The molecule has 3 aromatic rings. The Morgan fingerprint density at radius 3 is 2.70 bits per heavy atom. The molecule has 0 saturated carbocycles. The van der Waals surface area contributed by atoms with Gasteiger partial charge in [-0.05, 0) is 17.3 Å². The SMILES string of the molecule is Nc1nc(Cl)cc(Sc2ncc(-c3ccccc3)[nH]2)n1. The van der Waals surface area contributed by atoms with E-state index in [-0.39, 0.29) is 5.95 Å². The summed E-state index contributed by atoms with van der Waals surface area (Å²) in [4.78, 5) is 15.4. The van der Waals surface area contributed by atoms with E-state index in [4.69, 9.17) is 17.3 Å². The highest BCUT2D eigenvalue weighted by atomic mass is 35.5. The molecule has 0 radical (unpaired) electrons. The van der Waals surface area contributed by atoms with Crippen LogP contribution in [0.15, 0.2) is 52.8 Å². The minimum Gasteiger partial charge on any atom is -0.368 e. The third-order valence-corrected chi connectivity index (χ3v) is 3.54. The van der Waals surface area contributed by atoms with Crippen LogP contribution in [0.5, 0.6) is 0 Å². The standard InChI is InChI=1S/C13H10ClN5S/c14-10-6-11(19-12(15)18-10)20-13-16-7-9(17-13)8-4-2-1-3-5-8/h1-7H,(H,16,17)(H2,15,18,19). The molecule has 2 aromatic heterocycles. The van der Waals surface area contributed by atoms with Gasteiger partial charge in [-0.15, -0.1) is 0 Å². The van der Waals surface area contributed by atoms with E-state index in [2.05, 4.69) is 19.9 Å². The van der Waals surface area contributed by atoms with E-state index in [1.807, 2.05) is 30.3 Å². The summed E-state index contributed by atoms with van der Waals surface area (Å²) in [5, 5.41) is 1.68. The molecule has 0 unspecified atom stereocenters. The van der Waals surface area contributed by atoms with Crippen molar-refractivity contribution in [2.75, 3.05) is 5.73 Å². The first kappa shape index (κ1) is 13.0. The summed E-state index contributed by atoms with van der Waals surface area (Å²) in [6, 6.07) is 11.6. The van der Waals surface area contributed by atoms with Crippen molar-refractivity contribution in [2.45, 2.75) is 10.2 Å². The van der Waals surface area contributed by atoms with Crippen molar-refractivity contribution in [3.63, 3.8) is 0 Å². The minimum atomic E-state index is 0.148. The fraction of sp³-hybridized carbons (Fsp3) is 0. The third-order valence-electron chi connectivity index (χ3n) is 2.53. The number of anilines is 1. The summed E-state index contributed by atoms with van der Waals surface area (Å²) in [6.45, 7) is 0. The molecular weight excluding hydrogens is 294 g/mol. The number of nitrogens with one attached hydrogen (secondary N) is 1. The lowest BCUT2D eigenvalue weighted by atomic mass is 10.2. The average molecular weight is 304 g/mol. The van der Waals surface area contributed by atoms with Crippen LogP contribution in [-0.2, 0) is 0 Å². The number of benzene rings is 1. The molecule has 3 N–H and O–H groups in total. The van der Waals surface area contributed by atoms with Crippen molar-refractivity contribution in [3.8, 4) is 11.3 Å². The molecule has 0 bridgehead atoms. The van der Waals surface area contributed by atoms with Crippen molar-refractivity contribution in [2.24, 2.45) is 0 Å². The zero-order valence-corrected chi connectivity index (χ0v) is 11.8.